The van der Waals surface area contributed by atoms with Gasteiger partial charge in [0.1, 0.15) is 0 Å². The zero-order chi connectivity index (χ0) is 15.2. The molecule has 0 bridgehead atoms. The predicted molar refractivity (Wildman–Crippen MR) is 88.7 cm³/mol. The van der Waals surface area contributed by atoms with E-state index in [9.17, 15) is 4.79 Å². The number of amides is 1. The summed E-state index contributed by atoms with van der Waals surface area (Å²) in [5.74, 6) is 0.0600. The Bertz CT molecular complexity index is 610. The number of nitrogens with two attached hydrogens (primary N) is 1. The first-order chi connectivity index (χ1) is 10.1. The largest absolute Gasteiger partial charge is 0.399 e. The molecule has 2 aromatic carbocycles. The summed E-state index contributed by atoms with van der Waals surface area (Å²) in [5, 5.41) is 0.674. The summed E-state index contributed by atoms with van der Waals surface area (Å²) in [4.78, 5) is 14.3. The molecule has 0 radical (unpaired) electrons. The van der Waals surface area contributed by atoms with E-state index >= 15 is 0 Å². The SMILES string of the molecule is CCCN(C(=O)Cc1ccc(Cl)cc1)c1cccc(N)c1. The van der Waals surface area contributed by atoms with Crippen molar-refractivity contribution in [3.05, 3.63) is 59.1 Å². The van der Waals surface area contributed by atoms with Gasteiger partial charge < -0.3 is 10.6 Å². The molecule has 0 aliphatic heterocycles. The van der Waals surface area contributed by atoms with Crippen LogP contribution in [0.1, 0.15) is 18.9 Å². The Morgan fingerprint density at radius 3 is 2.52 bits per heavy atom. The second-order valence-electron chi connectivity index (χ2n) is 4.94. The Kier molecular flexibility index (Phi) is 5.23. The third-order valence-electron chi connectivity index (χ3n) is 3.20. The number of rotatable bonds is 5. The molecule has 0 aliphatic carbocycles. The maximum absolute atomic E-state index is 12.6. The van der Waals surface area contributed by atoms with Crippen molar-refractivity contribution in [3.63, 3.8) is 0 Å². The fourth-order valence-electron chi connectivity index (χ4n) is 2.19. The third kappa shape index (κ3) is 4.23. The molecule has 0 atom stereocenters. The Hall–Kier alpha value is -2.00. The van der Waals surface area contributed by atoms with Gasteiger partial charge in [-0.2, -0.15) is 0 Å². The Balaban J connectivity index is 2.17. The van der Waals surface area contributed by atoms with Crippen molar-refractivity contribution in [2.24, 2.45) is 0 Å². The lowest BCUT2D eigenvalue weighted by atomic mass is 10.1. The lowest BCUT2D eigenvalue weighted by molar-refractivity contribution is -0.118. The van der Waals surface area contributed by atoms with Crippen molar-refractivity contribution in [1.82, 2.24) is 0 Å². The van der Waals surface area contributed by atoms with Crippen LogP contribution in [0.2, 0.25) is 5.02 Å². The van der Waals surface area contributed by atoms with Crippen LogP contribution in [0.15, 0.2) is 48.5 Å². The molecular weight excluding hydrogens is 284 g/mol. The Morgan fingerprint density at radius 1 is 1.19 bits per heavy atom. The minimum atomic E-state index is 0.0600. The lowest BCUT2D eigenvalue weighted by Gasteiger charge is -2.22. The van der Waals surface area contributed by atoms with Crippen molar-refractivity contribution in [3.8, 4) is 0 Å². The second kappa shape index (κ2) is 7.14. The van der Waals surface area contributed by atoms with E-state index in [2.05, 4.69) is 6.92 Å². The highest BCUT2D eigenvalue weighted by Crippen LogP contribution is 2.19. The van der Waals surface area contributed by atoms with Crippen molar-refractivity contribution >= 4 is 28.9 Å². The van der Waals surface area contributed by atoms with Crippen molar-refractivity contribution < 1.29 is 4.79 Å². The predicted octanol–water partition coefficient (Wildman–Crippen LogP) is 3.91. The van der Waals surface area contributed by atoms with Crippen molar-refractivity contribution in [2.75, 3.05) is 17.2 Å². The van der Waals surface area contributed by atoms with Crippen LogP contribution >= 0.6 is 11.6 Å². The molecule has 0 saturated carbocycles. The van der Waals surface area contributed by atoms with E-state index in [-0.39, 0.29) is 5.91 Å². The number of carbonyl (C=O) groups excluding carboxylic acids is 1. The van der Waals surface area contributed by atoms with Gasteiger partial charge >= 0.3 is 0 Å². The molecule has 2 rings (SSSR count). The van der Waals surface area contributed by atoms with Gasteiger partial charge in [0, 0.05) is 22.9 Å². The van der Waals surface area contributed by atoms with Crippen LogP contribution in [-0.2, 0) is 11.2 Å². The van der Waals surface area contributed by atoms with Gasteiger partial charge in [0.2, 0.25) is 5.91 Å². The maximum Gasteiger partial charge on any atom is 0.231 e. The summed E-state index contributed by atoms with van der Waals surface area (Å²) in [7, 11) is 0. The maximum atomic E-state index is 12.6. The highest BCUT2D eigenvalue weighted by atomic mass is 35.5. The standard InChI is InChI=1S/C17H19ClN2O/c1-2-10-20(16-5-3-4-15(19)12-16)17(21)11-13-6-8-14(18)9-7-13/h3-9,12H,2,10-11,19H2,1H3. The zero-order valence-electron chi connectivity index (χ0n) is 12.1. The van der Waals surface area contributed by atoms with Gasteiger partial charge in [0.25, 0.3) is 0 Å². The number of carbonyl (C=O) groups is 1. The highest BCUT2D eigenvalue weighted by Gasteiger charge is 2.15. The van der Waals surface area contributed by atoms with Crippen LogP contribution in [0.4, 0.5) is 11.4 Å². The minimum Gasteiger partial charge on any atom is -0.399 e. The van der Waals surface area contributed by atoms with E-state index in [1.165, 1.54) is 0 Å². The zero-order valence-corrected chi connectivity index (χ0v) is 12.8. The van der Waals surface area contributed by atoms with Gasteiger partial charge in [-0.25, -0.2) is 0 Å². The number of anilines is 2. The van der Waals surface area contributed by atoms with Crippen LogP contribution in [0.3, 0.4) is 0 Å². The fraction of sp³-hybridized carbons (Fsp3) is 0.235. The molecule has 110 valence electrons. The molecule has 0 unspecified atom stereocenters. The number of benzene rings is 2. The van der Waals surface area contributed by atoms with E-state index in [1.807, 2.05) is 36.4 Å². The van der Waals surface area contributed by atoms with Gasteiger partial charge in [-0.1, -0.05) is 36.7 Å². The average molecular weight is 303 g/mol. The normalized spacial score (nSPS) is 10.4. The van der Waals surface area contributed by atoms with Gasteiger partial charge in [-0.15, -0.1) is 0 Å². The third-order valence-corrected chi connectivity index (χ3v) is 3.45. The molecule has 0 spiro atoms. The van der Waals surface area contributed by atoms with Gasteiger partial charge in [0.15, 0.2) is 0 Å². The van der Waals surface area contributed by atoms with Crippen molar-refractivity contribution in [1.29, 1.82) is 0 Å². The quantitative estimate of drug-likeness (QED) is 0.851. The monoisotopic (exact) mass is 302 g/mol. The first-order valence-electron chi connectivity index (χ1n) is 7.00. The second-order valence-corrected chi connectivity index (χ2v) is 5.38. The number of hydrogen-bond donors (Lipinski definition) is 1. The van der Waals surface area contributed by atoms with Crippen LogP contribution in [0.5, 0.6) is 0 Å². The molecule has 1 amide bonds. The van der Waals surface area contributed by atoms with E-state index in [4.69, 9.17) is 17.3 Å². The summed E-state index contributed by atoms with van der Waals surface area (Å²) >= 11 is 5.86. The van der Waals surface area contributed by atoms with Crippen LogP contribution < -0.4 is 10.6 Å². The van der Waals surface area contributed by atoms with Crippen LogP contribution in [0.25, 0.3) is 0 Å². The molecule has 0 saturated heterocycles. The first kappa shape index (κ1) is 15.4. The van der Waals surface area contributed by atoms with E-state index in [0.29, 0.717) is 23.7 Å². The Labute approximate surface area is 130 Å². The van der Waals surface area contributed by atoms with Gasteiger partial charge in [0.05, 0.1) is 6.42 Å². The first-order valence-corrected chi connectivity index (χ1v) is 7.38. The van der Waals surface area contributed by atoms with E-state index in [0.717, 1.165) is 17.7 Å². The van der Waals surface area contributed by atoms with E-state index in [1.54, 1.807) is 17.0 Å². The smallest absolute Gasteiger partial charge is 0.231 e. The van der Waals surface area contributed by atoms with Gasteiger partial charge in [-0.3, -0.25) is 4.79 Å². The number of hydrogen-bond acceptors (Lipinski definition) is 2. The molecular formula is C17H19ClN2O. The van der Waals surface area contributed by atoms with Crippen LogP contribution in [0, 0.1) is 0 Å². The molecule has 21 heavy (non-hydrogen) atoms. The van der Waals surface area contributed by atoms with Crippen molar-refractivity contribution in [2.45, 2.75) is 19.8 Å². The number of halogens is 1. The molecule has 2 aromatic rings. The molecule has 0 aliphatic rings. The summed E-state index contributed by atoms with van der Waals surface area (Å²) in [6.07, 6.45) is 1.24. The molecule has 2 N–H and O–H groups in total. The molecule has 0 aromatic heterocycles. The summed E-state index contributed by atoms with van der Waals surface area (Å²) < 4.78 is 0. The van der Waals surface area contributed by atoms with Crippen LogP contribution in [-0.4, -0.2) is 12.5 Å². The lowest BCUT2D eigenvalue weighted by Crippen LogP contribution is -2.33. The summed E-state index contributed by atoms with van der Waals surface area (Å²) in [5.41, 5.74) is 8.27. The number of nitrogens with zero attached hydrogens (tertiary/aromatic N) is 1. The van der Waals surface area contributed by atoms with Gasteiger partial charge in [-0.05, 0) is 42.3 Å². The highest BCUT2D eigenvalue weighted by molar-refractivity contribution is 6.30. The topological polar surface area (TPSA) is 46.3 Å². The molecule has 3 nitrogen and oxygen atoms in total. The average Bonchev–Trinajstić information content (AvgIpc) is 2.47. The Morgan fingerprint density at radius 2 is 1.90 bits per heavy atom. The fourth-order valence-corrected chi connectivity index (χ4v) is 2.31. The summed E-state index contributed by atoms with van der Waals surface area (Å²) in [6.45, 7) is 2.73. The molecule has 0 fully saturated rings. The van der Waals surface area contributed by atoms with E-state index < -0.39 is 0 Å². The molecule has 0 heterocycles. The number of nitrogen functional groups attached to an aromatic ring is 1. The minimum absolute atomic E-state index is 0.0600. The molecule has 4 heteroatoms. The summed E-state index contributed by atoms with van der Waals surface area (Å²) in [6, 6.07) is 14.8.